The van der Waals surface area contributed by atoms with Crippen LogP contribution in [-0.4, -0.2) is 25.8 Å². The first kappa shape index (κ1) is 23.2. The molecule has 0 spiro atoms. The summed E-state index contributed by atoms with van der Waals surface area (Å²) in [5.74, 6) is -1.64. The zero-order valence-corrected chi connectivity index (χ0v) is 18.2. The molecule has 1 heterocycles. The number of carbonyl (C=O) groups excluding carboxylic acids is 2. The van der Waals surface area contributed by atoms with Gasteiger partial charge in [-0.25, -0.2) is 9.36 Å². The fraction of sp³-hybridized carbons (Fsp3) is 0.250. The molecular formula is C24H19F3N2O5. The minimum absolute atomic E-state index is 0.0595. The van der Waals surface area contributed by atoms with Crippen LogP contribution < -0.4 is 11.2 Å². The van der Waals surface area contributed by atoms with Crippen LogP contribution in [0.25, 0.3) is 16.6 Å². The van der Waals surface area contributed by atoms with Gasteiger partial charge in [0.05, 0.1) is 22.2 Å². The van der Waals surface area contributed by atoms with Crippen molar-refractivity contribution in [2.24, 2.45) is 7.05 Å². The maximum atomic E-state index is 13.6. The van der Waals surface area contributed by atoms with Gasteiger partial charge in [-0.15, -0.1) is 0 Å². The summed E-state index contributed by atoms with van der Waals surface area (Å²) in [6.07, 6.45) is -4.17. The Balaban J connectivity index is 2.05. The lowest BCUT2D eigenvalue weighted by atomic mass is 9.88. The normalized spacial score (nSPS) is 14.7. The monoisotopic (exact) mass is 472 g/mol. The van der Waals surface area contributed by atoms with Crippen molar-refractivity contribution in [3.05, 3.63) is 85.3 Å². The highest BCUT2D eigenvalue weighted by Crippen LogP contribution is 2.33. The smallest absolute Gasteiger partial charge is 0.418 e. The number of fused-ring (bicyclic) bond motifs is 1. The number of allylic oxidation sites excluding steroid dienone is 2. The summed E-state index contributed by atoms with van der Waals surface area (Å²) < 4.78 is 42.3. The van der Waals surface area contributed by atoms with E-state index in [1.165, 1.54) is 32.2 Å². The number of alkyl halides is 3. The van der Waals surface area contributed by atoms with E-state index >= 15 is 0 Å². The van der Waals surface area contributed by atoms with E-state index in [9.17, 15) is 37.5 Å². The van der Waals surface area contributed by atoms with Crippen molar-refractivity contribution in [2.45, 2.75) is 32.4 Å². The second kappa shape index (κ2) is 8.12. The number of benzene rings is 2. The van der Waals surface area contributed by atoms with E-state index in [0.717, 1.165) is 22.8 Å². The van der Waals surface area contributed by atoms with Gasteiger partial charge in [0, 0.05) is 25.5 Å². The van der Waals surface area contributed by atoms with Crippen LogP contribution in [-0.2, 0) is 18.0 Å². The Bertz CT molecular complexity index is 1530. The second-order valence-corrected chi connectivity index (χ2v) is 8.06. The van der Waals surface area contributed by atoms with E-state index in [-0.39, 0.29) is 46.2 Å². The number of aromatic nitrogens is 2. The molecule has 0 atom stereocenters. The summed E-state index contributed by atoms with van der Waals surface area (Å²) >= 11 is 0. The zero-order valence-electron chi connectivity index (χ0n) is 18.2. The molecule has 2 aromatic carbocycles. The molecule has 0 unspecified atom stereocenters. The highest BCUT2D eigenvalue weighted by Gasteiger charge is 2.35. The Morgan fingerprint density at radius 3 is 2.35 bits per heavy atom. The standard InChI is InChI=1S/C24H19F3N2O5/c1-12-13(21(32)20-17(30)8-5-9-18(20)31)10-11-16-19(12)22(33)29(23(34)28(16)2)15-7-4-3-6-14(15)24(25,26)27/h3-4,6-7,10-11,30H,5,8-9H2,1-2H3. The number of Topliss-reactive ketones (excluding diaryl/α,β-unsaturated/α-hetero) is 2. The minimum atomic E-state index is -4.83. The molecule has 4 rings (SSSR count). The van der Waals surface area contributed by atoms with E-state index in [1.807, 2.05) is 0 Å². The number of halogens is 3. The summed E-state index contributed by atoms with van der Waals surface area (Å²) in [5.41, 5.74) is -4.05. The molecule has 176 valence electrons. The predicted molar refractivity (Wildman–Crippen MR) is 117 cm³/mol. The average molecular weight is 472 g/mol. The number of ketones is 2. The van der Waals surface area contributed by atoms with Gasteiger partial charge in [-0.3, -0.25) is 19.0 Å². The van der Waals surface area contributed by atoms with E-state index < -0.39 is 40.2 Å². The van der Waals surface area contributed by atoms with Crippen molar-refractivity contribution in [3.63, 3.8) is 0 Å². The number of hydrogen-bond donors (Lipinski definition) is 1. The number of aryl methyl sites for hydroxylation is 2. The number of rotatable bonds is 3. The molecule has 3 aromatic rings. The van der Waals surface area contributed by atoms with Crippen molar-refractivity contribution in [3.8, 4) is 5.69 Å². The highest BCUT2D eigenvalue weighted by molar-refractivity contribution is 6.27. The Hall–Kier alpha value is -3.95. The first-order valence-corrected chi connectivity index (χ1v) is 10.4. The van der Waals surface area contributed by atoms with Gasteiger partial charge in [-0.1, -0.05) is 12.1 Å². The molecule has 0 bridgehead atoms. The van der Waals surface area contributed by atoms with Gasteiger partial charge in [0.2, 0.25) is 0 Å². The van der Waals surface area contributed by atoms with Crippen molar-refractivity contribution in [1.29, 1.82) is 0 Å². The number of nitrogens with zero attached hydrogens (tertiary/aromatic N) is 2. The molecule has 0 saturated carbocycles. The topological polar surface area (TPSA) is 98.4 Å². The van der Waals surface area contributed by atoms with Crippen LogP contribution in [0.1, 0.15) is 40.7 Å². The van der Waals surface area contributed by atoms with Gasteiger partial charge in [0.15, 0.2) is 11.6 Å². The third-order valence-electron chi connectivity index (χ3n) is 6.01. The molecule has 1 aliphatic carbocycles. The van der Waals surface area contributed by atoms with Gasteiger partial charge >= 0.3 is 11.9 Å². The fourth-order valence-corrected chi connectivity index (χ4v) is 4.28. The first-order chi connectivity index (χ1) is 15.9. The molecule has 0 saturated heterocycles. The number of para-hydroxylation sites is 1. The molecular weight excluding hydrogens is 453 g/mol. The minimum Gasteiger partial charge on any atom is -0.511 e. The molecule has 0 amide bonds. The average Bonchev–Trinajstić information content (AvgIpc) is 2.77. The Kier molecular flexibility index (Phi) is 5.55. The molecule has 34 heavy (non-hydrogen) atoms. The third kappa shape index (κ3) is 3.55. The Labute approximate surface area is 190 Å². The maximum Gasteiger partial charge on any atom is 0.418 e. The summed E-state index contributed by atoms with van der Waals surface area (Å²) in [4.78, 5) is 51.8. The summed E-state index contributed by atoms with van der Waals surface area (Å²) in [5, 5.41) is 9.98. The van der Waals surface area contributed by atoms with E-state index in [0.29, 0.717) is 11.0 Å². The van der Waals surface area contributed by atoms with Crippen molar-refractivity contribution >= 4 is 22.5 Å². The number of carbonyl (C=O) groups is 2. The van der Waals surface area contributed by atoms with Gasteiger partial charge in [0.1, 0.15) is 11.3 Å². The Morgan fingerprint density at radius 2 is 1.71 bits per heavy atom. The number of hydrogen-bond acceptors (Lipinski definition) is 5. The van der Waals surface area contributed by atoms with Crippen molar-refractivity contribution < 1.29 is 27.9 Å². The van der Waals surface area contributed by atoms with E-state index in [2.05, 4.69) is 0 Å². The summed E-state index contributed by atoms with van der Waals surface area (Å²) in [7, 11) is 1.30. The predicted octanol–water partition coefficient (Wildman–Crippen LogP) is 3.76. The van der Waals surface area contributed by atoms with Crippen LogP contribution >= 0.6 is 0 Å². The summed E-state index contributed by atoms with van der Waals surface area (Å²) in [6, 6.07) is 6.86. The lowest BCUT2D eigenvalue weighted by Gasteiger charge is -2.18. The zero-order chi connectivity index (χ0) is 24.9. The molecule has 1 aromatic heterocycles. The van der Waals surface area contributed by atoms with Crippen LogP contribution in [0.4, 0.5) is 13.2 Å². The highest BCUT2D eigenvalue weighted by atomic mass is 19.4. The van der Waals surface area contributed by atoms with Crippen LogP contribution in [0.5, 0.6) is 0 Å². The van der Waals surface area contributed by atoms with Gasteiger partial charge in [-0.2, -0.15) is 13.2 Å². The quantitative estimate of drug-likeness (QED) is 0.462. The fourth-order valence-electron chi connectivity index (χ4n) is 4.28. The van der Waals surface area contributed by atoms with Crippen LogP contribution in [0, 0.1) is 6.92 Å². The van der Waals surface area contributed by atoms with E-state index in [4.69, 9.17) is 0 Å². The van der Waals surface area contributed by atoms with Gasteiger partial charge < -0.3 is 5.11 Å². The third-order valence-corrected chi connectivity index (χ3v) is 6.01. The molecule has 0 fully saturated rings. The molecule has 0 radical (unpaired) electrons. The van der Waals surface area contributed by atoms with Crippen molar-refractivity contribution in [1.82, 2.24) is 9.13 Å². The molecule has 7 nitrogen and oxygen atoms in total. The molecule has 10 heteroatoms. The lowest BCUT2D eigenvalue weighted by Crippen LogP contribution is -2.39. The first-order valence-electron chi connectivity index (χ1n) is 10.4. The SMILES string of the molecule is Cc1c(C(=O)C2=C(O)CCCC2=O)ccc2c1c(=O)n(-c1ccccc1C(F)(F)F)c(=O)n2C. The van der Waals surface area contributed by atoms with Crippen LogP contribution in [0.2, 0.25) is 0 Å². The molecule has 1 N–H and O–H groups in total. The van der Waals surface area contributed by atoms with Gasteiger partial charge in [0.25, 0.3) is 5.56 Å². The van der Waals surface area contributed by atoms with Crippen LogP contribution in [0.3, 0.4) is 0 Å². The molecule has 1 aliphatic rings. The van der Waals surface area contributed by atoms with Crippen LogP contribution in [0.15, 0.2) is 57.3 Å². The second-order valence-electron chi connectivity index (χ2n) is 8.06. The Morgan fingerprint density at radius 1 is 1.03 bits per heavy atom. The largest absolute Gasteiger partial charge is 0.511 e. The number of aliphatic hydroxyl groups is 1. The summed E-state index contributed by atoms with van der Waals surface area (Å²) in [6.45, 7) is 1.41. The van der Waals surface area contributed by atoms with Gasteiger partial charge in [-0.05, 0) is 43.2 Å². The lowest BCUT2D eigenvalue weighted by molar-refractivity contribution is -0.137. The van der Waals surface area contributed by atoms with Crippen molar-refractivity contribution in [2.75, 3.05) is 0 Å². The molecule has 0 aliphatic heterocycles. The van der Waals surface area contributed by atoms with E-state index in [1.54, 1.807) is 0 Å². The maximum absolute atomic E-state index is 13.6. The number of aliphatic hydroxyl groups excluding tert-OH is 1.